The van der Waals surface area contributed by atoms with Crippen molar-refractivity contribution in [2.45, 2.75) is 36.9 Å². The molecule has 0 saturated carbocycles. The molecule has 1 unspecified atom stereocenters. The lowest BCUT2D eigenvalue weighted by Gasteiger charge is -2.27. The summed E-state index contributed by atoms with van der Waals surface area (Å²) < 4.78 is 64.7. The summed E-state index contributed by atoms with van der Waals surface area (Å²) in [5.74, 6) is -0.629. The van der Waals surface area contributed by atoms with Gasteiger partial charge in [-0.15, -0.1) is 0 Å². The van der Waals surface area contributed by atoms with Gasteiger partial charge in [0.15, 0.2) is 6.10 Å². The molecule has 1 aliphatic heterocycles. The molecule has 1 aliphatic rings. The van der Waals surface area contributed by atoms with E-state index >= 15 is 0 Å². The molecule has 1 aromatic carbocycles. The normalized spacial score (nSPS) is 17.3. The molecule has 1 aromatic rings. The highest BCUT2D eigenvalue weighted by molar-refractivity contribution is 7.89. The van der Waals surface area contributed by atoms with E-state index in [4.69, 9.17) is 10.6 Å². The molecule has 0 aliphatic carbocycles. The maximum atomic E-state index is 12.8. The van der Waals surface area contributed by atoms with Gasteiger partial charge in [0.05, 0.1) is 10.5 Å². The lowest BCUT2D eigenvalue weighted by Crippen LogP contribution is -2.39. The number of alkyl halides is 3. The molecule has 3 N–H and O–H groups in total. The average Bonchev–Trinajstić information content (AvgIpc) is 2.62. The summed E-state index contributed by atoms with van der Waals surface area (Å²) in [7, 11) is -4.07. The summed E-state index contributed by atoms with van der Waals surface area (Å²) in [6.45, 7) is 1.72. The van der Waals surface area contributed by atoms with Crippen molar-refractivity contribution in [1.82, 2.24) is 9.79 Å². The van der Waals surface area contributed by atoms with Crippen LogP contribution in [-0.4, -0.2) is 37.8 Å². The third-order valence-corrected chi connectivity index (χ3v) is 5.85. The summed E-state index contributed by atoms with van der Waals surface area (Å²) in [6.07, 6.45) is -3.31. The average molecular weight is 407 g/mol. The van der Waals surface area contributed by atoms with Crippen molar-refractivity contribution in [3.8, 4) is 0 Å². The van der Waals surface area contributed by atoms with Crippen LogP contribution in [0.1, 0.15) is 25.3 Å². The minimum Gasteiger partial charge on any atom is -0.367 e. The molecule has 1 atom stereocenters. The van der Waals surface area contributed by atoms with Crippen molar-refractivity contribution < 1.29 is 31.2 Å². The molecule has 1 amide bonds. The van der Waals surface area contributed by atoms with Crippen LogP contribution in [0.15, 0.2) is 40.9 Å². The van der Waals surface area contributed by atoms with Crippen molar-refractivity contribution in [2.24, 2.45) is 5.73 Å². The molecule has 27 heavy (non-hydrogen) atoms. The summed E-state index contributed by atoms with van der Waals surface area (Å²) in [5.41, 5.74) is 7.28. The fourth-order valence-electron chi connectivity index (χ4n) is 2.43. The fraction of sp³-hybridized carbons (Fsp3) is 0.438. The molecule has 0 radical (unpaired) electrons. The maximum Gasteiger partial charge on any atom is 0.416 e. The van der Waals surface area contributed by atoms with Gasteiger partial charge in [0.1, 0.15) is 0 Å². The minimum atomic E-state index is -4.63. The Morgan fingerprint density at radius 1 is 1.41 bits per heavy atom. The Kier molecular flexibility index (Phi) is 6.50. The first-order chi connectivity index (χ1) is 12.6. The number of nitrogens with two attached hydrogens (primary N) is 1. The molecule has 150 valence electrons. The van der Waals surface area contributed by atoms with Gasteiger partial charge in [-0.1, -0.05) is 13.0 Å². The number of benzene rings is 1. The van der Waals surface area contributed by atoms with Gasteiger partial charge in [-0.05, 0) is 30.7 Å². The molecule has 7 nitrogen and oxygen atoms in total. The largest absolute Gasteiger partial charge is 0.416 e. The predicted octanol–water partition coefficient (Wildman–Crippen LogP) is 1.77. The van der Waals surface area contributed by atoms with Gasteiger partial charge in [-0.25, -0.2) is 8.42 Å². The molecule has 0 bridgehead atoms. The van der Waals surface area contributed by atoms with Crippen LogP contribution in [-0.2, 0) is 25.8 Å². The first kappa shape index (κ1) is 21.2. The summed E-state index contributed by atoms with van der Waals surface area (Å²) >= 11 is 0. The van der Waals surface area contributed by atoms with E-state index in [0.29, 0.717) is 18.2 Å². The number of rotatable bonds is 7. The van der Waals surface area contributed by atoms with E-state index < -0.39 is 38.7 Å². The Hall–Kier alpha value is -2.11. The number of carbonyl (C=O) groups is 1. The Morgan fingerprint density at radius 2 is 2.11 bits per heavy atom. The molecule has 0 saturated heterocycles. The minimum absolute atomic E-state index is 0.0440. The Bertz CT molecular complexity index is 824. The summed E-state index contributed by atoms with van der Waals surface area (Å²) in [5, 5.41) is 0. The van der Waals surface area contributed by atoms with Crippen LogP contribution in [0.4, 0.5) is 13.2 Å². The van der Waals surface area contributed by atoms with Gasteiger partial charge >= 0.3 is 6.18 Å². The van der Waals surface area contributed by atoms with Gasteiger partial charge in [-0.3, -0.25) is 15.1 Å². The molecular weight excluding hydrogens is 387 g/mol. The summed E-state index contributed by atoms with van der Waals surface area (Å²) in [4.78, 5) is 15.9. The van der Waals surface area contributed by atoms with E-state index in [9.17, 15) is 26.4 Å². The first-order valence-electron chi connectivity index (χ1n) is 8.13. The Balaban J connectivity index is 2.08. The van der Waals surface area contributed by atoms with E-state index in [2.05, 4.69) is 5.48 Å². The number of nitrogens with zero attached hydrogens (tertiary/aromatic N) is 1. The van der Waals surface area contributed by atoms with Gasteiger partial charge in [0.2, 0.25) is 15.9 Å². The van der Waals surface area contributed by atoms with Gasteiger partial charge in [-0.2, -0.15) is 17.5 Å². The van der Waals surface area contributed by atoms with Crippen LogP contribution >= 0.6 is 0 Å². The fourth-order valence-corrected chi connectivity index (χ4v) is 3.86. The number of hydrogen-bond acceptors (Lipinski definition) is 5. The summed E-state index contributed by atoms with van der Waals surface area (Å²) in [6, 6.07) is 3.63. The van der Waals surface area contributed by atoms with E-state index in [-0.39, 0.29) is 19.5 Å². The topological polar surface area (TPSA) is 102 Å². The quantitative estimate of drug-likeness (QED) is 0.671. The second-order valence-electron chi connectivity index (χ2n) is 5.89. The van der Waals surface area contributed by atoms with Crippen LogP contribution in [0.3, 0.4) is 0 Å². The van der Waals surface area contributed by atoms with Gasteiger partial charge in [0.25, 0.3) is 0 Å². The number of amides is 1. The second kappa shape index (κ2) is 8.28. The maximum absolute atomic E-state index is 12.8. The van der Waals surface area contributed by atoms with E-state index in [1.165, 1.54) is 6.08 Å². The highest BCUT2D eigenvalue weighted by Crippen LogP contribution is 2.31. The molecule has 11 heteroatoms. The zero-order valence-electron chi connectivity index (χ0n) is 14.5. The second-order valence-corrected chi connectivity index (χ2v) is 7.83. The number of nitrogens with one attached hydrogen (secondary N) is 1. The molecule has 0 spiro atoms. The van der Waals surface area contributed by atoms with Gasteiger partial charge in [0, 0.05) is 25.2 Å². The van der Waals surface area contributed by atoms with Crippen molar-refractivity contribution in [1.29, 1.82) is 0 Å². The third kappa shape index (κ3) is 5.21. The molecule has 0 fully saturated rings. The van der Waals surface area contributed by atoms with Crippen LogP contribution in [0.25, 0.3) is 0 Å². The van der Waals surface area contributed by atoms with Crippen LogP contribution in [0.2, 0.25) is 0 Å². The predicted molar refractivity (Wildman–Crippen MR) is 90.4 cm³/mol. The lowest BCUT2D eigenvalue weighted by atomic mass is 10.2. The smallest absolute Gasteiger partial charge is 0.367 e. The SMILES string of the molecule is CCC(ONC1=CCN(S(=O)(=O)c2cccc(C(F)(F)F)c2)CC1)C(N)=O. The van der Waals surface area contributed by atoms with Crippen LogP contribution in [0, 0.1) is 0 Å². The first-order valence-corrected chi connectivity index (χ1v) is 9.57. The highest BCUT2D eigenvalue weighted by Gasteiger charge is 2.33. The molecule has 1 heterocycles. The zero-order valence-corrected chi connectivity index (χ0v) is 15.3. The van der Waals surface area contributed by atoms with E-state index in [1.54, 1.807) is 6.92 Å². The molecule has 0 aromatic heterocycles. The van der Waals surface area contributed by atoms with Crippen molar-refractivity contribution in [3.05, 3.63) is 41.6 Å². The Labute approximate surface area is 155 Å². The number of hydrogen-bond donors (Lipinski definition) is 2. The number of primary amides is 1. The number of sulfonamides is 1. The van der Waals surface area contributed by atoms with Crippen molar-refractivity contribution in [2.75, 3.05) is 13.1 Å². The number of halogens is 3. The third-order valence-electron chi connectivity index (χ3n) is 3.99. The van der Waals surface area contributed by atoms with Crippen LogP contribution < -0.4 is 11.2 Å². The number of hydroxylamine groups is 1. The number of carbonyl (C=O) groups excluding carboxylic acids is 1. The van der Waals surface area contributed by atoms with Crippen molar-refractivity contribution in [3.63, 3.8) is 0 Å². The molecular formula is C16H20F3N3O4S. The monoisotopic (exact) mass is 407 g/mol. The van der Waals surface area contributed by atoms with Crippen molar-refractivity contribution >= 4 is 15.9 Å². The molecule has 2 rings (SSSR count). The zero-order chi connectivity index (χ0) is 20.2. The Morgan fingerprint density at radius 3 is 2.63 bits per heavy atom. The van der Waals surface area contributed by atoms with Crippen LogP contribution in [0.5, 0.6) is 0 Å². The van der Waals surface area contributed by atoms with Gasteiger partial charge < -0.3 is 5.73 Å². The lowest BCUT2D eigenvalue weighted by molar-refractivity contribution is -0.137. The highest BCUT2D eigenvalue weighted by atomic mass is 32.2. The van der Waals surface area contributed by atoms with E-state index in [0.717, 1.165) is 22.5 Å². The van der Waals surface area contributed by atoms with E-state index in [1.807, 2.05) is 0 Å². The standard InChI is InChI=1S/C16H20F3N3O4S/c1-2-14(15(20)23)26-21-12-6-8-22(9-7-12)27(24,25)13-5-3-4-11(10-13)16(17,18)19/h3-6,10,14,21H,2,7-9H2,1H3,(H2,20,23).